The van der Waals surface area contributed by atoms with E-state index in [-0.39, 0.29) is 5.82 Å². The van der Waals surface area contributed by atoms with E-state index in [9.17, 15) is 9.50 Å². The van der Waals surface area contributed by atoms with Crippen LogP contribution in [-0.2, 0) is 13.5 Å². The van der Waals surface area contributed by atoms with E-state index in [1.54, 1.807) is 30.1 Å². The molecule has 0 fully saturated rings. The van der Waals surface area contributed by atoms with Crippen molar-refractivity contribution >= 4 is 15.9 Å². The summed E-state index contributed by atoms with van der Waals surface area (Å²) < 4.78 is 15.0. The van der Waals surface area contributed by atoms with Crippen LogP contribution in [0.2, 0.25) is 0 Å². The second-order valence-corrected chi connectivity index (χ2v) is 4.63. The lowest BCUT2D eigenvalue weighted by Gasteiger charge is -2.09. The Kier molecular flexibility index (Phi) is 3.54. The monoisotopic (exact) mass is 299 g/mol. The number of benzene rings is 1. The van der Waals surface area contributed by atoms with Gasteiger partial charge in [-0.05, 0) is 33.6 Å². The summed E-state index contributed by atoms with van der Waals surface area (Å²) in [6.45, 7) is 0. The summed E-state index contributed by atoms with van der Waals surface area (Å²) in [5.41, 5.74) is 1.34. The molecule has 90 valence electrons. The SMILES string of the molecule is Cn1cc(CC(O)c2ccc(F)c(Br)c2)nn1. The van der Waals surface area contributed by atoms with Crippen molar-refractivity contribution in [3.8, 4) is 0 Å². The van der Waals surface area contributed by atoms with E-state index < -0.39 is 6.10 Å². The molecule has 2 rings (SSSR count). The van der Waals surface area contributed by atoms with Crippen LogP contribution >= 0.6 is 15.9 Å². The Morgan fingerprint density at radius 1 is 1.53 bits per heavy atom. The number of hydrogen-bond donors (Lipinski definition) is 1. The largest absolute Gasteiger partial charge is 0.388 e. The fourth-order valence-electron chi connectivity index (χ4n) is 1.52. The molecule has 0 bridgehead atoms. The molecule has 1 heterocycles. The molecular weight excluding hydrogens is 289 g/mol. The molecule has 1 atom stereocenters. The van der Waals surface area contributed by atoms with Gasteiger partial charge in [0.15, 0.2) is 0 Å². The third-order valence-electron chi connectivity index (χ3n) is 2.38. The molecule has 0 aliphatic heterocycles. The van der Waals surface area contributed by atoms with Crippen molar-refractivity contribution in [2.24, 2.45) is 7.05 Å². The van der Waals surface area contributed by atoms with Gasteiger partial charge in [-0.15, -0.1) is 5.10 Å². The summed E-state index contributed by atoms with van der Waals surface area (Å²) in [5.74, 6) is -0.347. The van der Waals surface area contributed by atoms with Gasteiger partial charge in [0.05, 0.1) is 16.3 Å². The van der Waals surface area contributed by atoms with E-state index in [1.807, 2.05) is 0 Å². The summed E-state index contributed by atoms with van der Waals surface area (Å²) in [6.07, 6.45) is 1.37. The molecule has 4 nitrogen and oxygen atoms in total. The summed E-state index contributed by atoms with van der Waals surface area (Å²) >= 11 is 3.09. The van der Waals surface area contributed by atoms with Gasteiger partial charge < -0.3 is 5.11 Å². The highest BCUT2D eigenvalue weighted by molar-refractivity contribution is 9.10. The number of aliphatic hydroxyl groups is 1. The summed E-state index contributed by atoms with van der Waals surface area (Å²) in [6, 6.07) is 4.44. The van der Waals surface area contributed by atoms with Crippen LogP contribution in [0.1, 0.15) is 17.4 Å². The lowest BCUT2D eigenvalue weighted by molar-refractivity contribution is 0.177. The minimum atomic E-state index is -0.719. The van der Waals surface area contributed by atoms with E-state index in [4.69, 9.17) is 0 Å². The average molecular weight is 300 g/mol. The Labute approximate surface area is 106 Å². The van der Waals surface area contributed by atoms with Crippen molar-refractivity contribution < 1.29 is 9.50 Å². The van der Waals surface area contributed by atoms with E-state index >= 15 is 0 Å². The average Bonchev–Trinajstić information content (AvgIpc) is 2.68. The summed E-state index contributed by atoms with van der Waals surface area (Å²) in [7, 11) is 1.76. The zero-order valence-electron chi connectivity index (χ0n) is 9.14. The highest BCUT2D eigenvalue weighted by Gasteiger charge is 2.12. The Balaban J connectivity index is 2.14. The maximum atomic E-state index is 13.0. The molecule has 0 saturated heterocycles. The number of nitrogens with zero attached hydrogens (tertiary/aromatic N) is 3. The smallest absolute Gasteiger partial charge is 0.137 e. The first-order chi connectivity index (χ1) is 8.06. The first-order valence-electron chi connectivity index (χ1n) is 5.04. The first kappa shape index (κ1) is 12.2. The van der Waals surface area contributed by atoms with Gasteiger partial charge in [0, 0.05) is 19.7 Å². The van der Waals surface area contributed by atoms with E-state index in [0.717, 1.165) is 0 Å². The quantitative estimate of drug-likeness (QED) is 0.943. The van der Waals surface area contributed by atoms with Gasteiger partial charge in [0.25, 0.3) is 0 Å². The number of aryl methyl sites for hydroxylation is 1. The van der Waals surface area contributed by atoms with Crippen molar-refractivity contribution in [3.63, 3.8) is 0 Å². The topological polar surface area (TPSA) is 50.9 Å². The zero-order valence-corrected chi connectivity index (χ0v) is 10.7. The fraction of sp³-hybridized carbons (Fsp3) is 0.273. The van der Waals surface area contributed by atoms with Crippen LogP contribution in [-0.4, -0.2) is 20.1 Å². The molecule has 0 aliphatic carbocycles. The second-order valence-electron chi connectivity index (χ2n) is 3.78. The Bertz CT molecular complexity index is 529. The molecule has 1 N–H and O–H groups in total. The van der Waals surface area contributed by atoms with Gasteiger partial charge in [-0.3, -0.25) is 4.68 Å². The van der Waals surface area contributed by atoms with Crippen LogP contribution in [0.5, 0.6) is 0 Å². The van der Waals surface area contributed by atoms with Gasteiger partial charge >= 0.3 is 0 Å². The van der Waals surface area contributed by atoms with Crippen molar-refractivity contribution in [2.45, 2.75) is 12.5 Å². The van der Waals surface area contributed by atoms with E-state index in [2.05, 4.69) is 26.2 Å². The Morgan fingerprint density at radius 2 is 2.29 bits per heavy atom. The molecule has 0 radical (unpaired) electrons. The zero-order chi connectivity index (χ0) is 12.4. The number of halogens is 2. The second kappa shape index (κ2) is 4.93. The van der Waals surface area contributed by atoms with Crippen LogP contribution in [0.15, 0.2) is 28.9 Å². The maximum absolute atomic E-state index is 13.0. The standard InChI is InChI=1S/C11H11BrFN3O/c1-16-6-8(14-15-16)5-11(17)7-2-3-10(13)9(12)4-7/h2-4,6,11,17H,5H2,1H3. The molecule has 0 saturated carbocycles. The van der Waals surface area contributed by atoms with Gasteiger partial charge in [-0.25, -0.2) is 4.39 Å². The van der Waals surface area contributed by atoms with Crippen LogP contribution < -0.4 is 0 Å². The number of aromatic nitrogens is 3. The van der Waals surface area contributed by atoms with Gasteiger partial charge in [-0.1, -0.05) is 11.3 Å². The van der Waals surface area contributed by atoms with Gasteiger partial charge in [-0.2, -0.15) is 0 Å². The molecule has 1 aromatic heterocycles. The van der Waals surface area contributed by atoms with Crippen LogP contribution in [0.25, 0.3) is 0 Å². The molecular formula is C11H11BrFN3O. The third kappa shape index (κ3) is 2.89. The predicted molar refractivity (Wildman–Crippen MR) is 63.8 cm³/mol. The first-order valence-corrected chi connectivity index (χ1v) is 5.84. The Hall–Kier alpha value is -1.27. The number of rotatable bonds is 3. The van der Waals surface area contributed by atoms with Gasteiger partial charge in [0.1, 0.15) is 5.82 Å². The molecule has 0 aliphatic rings. The molecule has 0 spiro atoms. The van der Waals surface area contributed by atoms with Crippen LogP contribution in [0, 0.1) is 5.82 Å². The molecule has 1 aromatic carbocycles. The van der Waals surface area contributed by atoms with E-state index in [0.29, 0.717) is 22.2 Å². The Morgan fingerprint density at radius 3 is 2.88 bits per heavy atom. The maximum Gasteiger partial charge on any atom is 0.137 e. The third-order valence-corrected chi connectivity index (χ3v) is 2.99. The normalized spacial score (nSPS) is 12.7. The summed E-state index contributed by atoms with van der Waals surface area (Å²) in [4.78, 5) is 0. The molecule has 2 aromatic rings. The lowest BCUT2D eigenvalue weighted by Crippen LogP contribution is -2.02. The predicted octanol–water partition coefficient (Wildman–Crippen LogP) is 1.99. The van der Waals surface area contributed by atoms with Crippen molar-refractivity contribution in [1.82, 2.24) is 15.0 Å². The van der Waals surface area contributed by atoms with Crippen molar-refractivity contribution in [2.75, 3.05) is 0 Å². The minimum absolute atomic E-state index is 0.341. The number of aliphatic hydroxyl groups excluding tert-OH is 1. The molecule has 6 heteroatoms. The molecule has 1 unspecified atom stereocenters. The highest BCUT2D eigenvalue weighted by atomic mass is 79.9. The molecule has 0 amide bonds. The van der Waals surface area contributed by atoms with Gasteiger partial charge in [0.2, 0.25) is 0 Å². The summed E-state index contributed by atoms with van der Waals surface area (Å²) in [5, 5.41) is 17.6. The van der Waals surface area contributed by atoms with Crippen LogP contribution in [0.4, 0.5) is 4.39 Å². The fourth-order valence-corrected chi connectivity index (χ4v) is 1.92. The lowest BCUT2D eigenvalue weighted by atomic mass is 10.1. The van der Waals surface area contributed by atoms with E-state index in [1.165, 1.54) is 6.07 Å². The minimum Gasteiger partial charge on any atom is -0.388 e. The number of hydrogen-bond acceptors (Lipinski definition) is 3. The van der Waals surface area contributed by atoms with Crippen molar-refractivity contribution in [1.29, 1.82) is 0 Å². The van der Waals surface area contributed by atoms with Crippen LogP contribution in [0.3, 0.4) is 0 Å². The molecule has 17 heavy (non-hydrogen) atoms. The van der Waals surface area contributed by atoms with Crippen molar-refractivity contribution in [3.05, 3.63) is 45.9 Å². The highest BCUT2D eigenvalue weighted by Crippen LogP contribution is 2.23.